The molecule has 1 saturated carbocycles. The monoisotopic (exact) mass is 185 g/mol. The highest BCUT2D eigenvalue weighted by molar-refractivity contribution is 4.85. The lowest BCUT2D eigenvalue weighted by Crippen LogP contribution is -2.41. The Hall–Kier alpha value is -0.120. The zero-order chi connectivity index (χ0) is 9.10. The fourth-order valence-corrected chi connectivity index (χ4v) is 2.44. The normalized spacial score (nSPS) is 37.6. The minimum atomic E-state index is -0.0851. The van der Waals surface area contributed by atoms with Gasteiger partial charge in [-0.15, -0.1) is 0 Å². The fourth-order valence-electron chi connectivity index (χ4n) is 2.44. The van der Waals surface area contributed by atoms with Gasteiger partial charge in [0.25, 0.3) is 0 Å². The molecule has 0 aromatic carbocycles. The Morgan fingerprint density at radius 3 is 2.77 bits per heavy atom. The quantitative estimate of drug-likeness (QED) is 0.650. The van der Waals surface area contributed by atoms with Crippen LogP contribution in [0.3, 0.4) is 0 Å². The predicted octanol–water partition coefficient (Wildman–Crippen LogP) is 0.622. The first-order valence-electron chi connectivity index (χ1n) is 5.38. The van der Waals surface area contributed by atoms with Crippen LogP contribution < -0.4 is 0 Å². The Bertz CT molecular complexity index is 155. The highest BCUT2D eigenvalue weighted by Crippen LogP contribution is 2.24. The molecule has 2 atom stereocenters. The number of ether oxygens (including phenoxy) is 1. The minimum absolute atomic E-state index is 0.0851. The first-order chi connectivity index (χ1) is 6.38. The molecule has 1 saturated heterocycles. The van der Waals surface area contributed by atoms with E-state index in [4.69, 9.17) is 4.74 Å². The molecule has 0 amide bonds. The highest BCUT2D eigenvalue weighted by atomic mass is 16.5. The number of aliphatic hydroxyl groups is 1. The van der Waals surface area contributed by atoms with E-state index in [1.807, 2.05) is 0 Å². The summed E-state index contributed by atoms with van der Waals surface area (Å²) >= 11 is 0. The van der Waals surface area contributed by atoms with E-state index >= 15 is 0 Å². The van der Waals surface area contributed by atoms with Crippen LogP contribution in [0, 0.1) is 0 Å². The second-order valence-corrected chi connectivity index (χ2v) is 4.07. The van der Waals surface area contributed by atoms with Crippen LogP contribution >= 0.6 is 0 Å². The first kappa shape index (κ1) is 9.44. The molecule has 3 heteroatoms. The Labute approximate surface area is 79.7 Å². The smallest absolute Gasteiger partial charge is 0.0695 e. The summed E-state index contributed by atoms with van der Waals surface area (Å²) in [4.78, 5) is 2.41. The van der Waals surface area contributed by atoms with Crippen LogP contribution in [-0.4, -0.2) is 48.5 Å². The Balaban J connectivity index is 1.89. The number of hydrogen-bond donors (Lipinski definition) is 1. The van der Waals surface area contributed by atoms with Crippen LogP contribution in [0.5, 0.6) is 0 Å². The van der Waals surface area contributed by atoms with E-state index in [9.17, 15) is 5.11 Å². The maximum Gasteiger partial charge on any atom is 0.0695 e. The molecule has 2 rings (SSSR count). The van der Waals surface area contributed by atoms with Gasteiger partial charge in [-0.3, -0.25) is 4.90 Å². The molecule has 2 fully saturated rings. The van der Waals surface area contributed by atoms with E-state index < -0.39 is 0 Å². The van der Waals surface area contributed by atoms with Crippen molar-refractivity contribution >= 4 is 0 Å². The molecule has 0 bridgehead atoms. The Morgan fingerprint density at radius 1 is 1.08 bits per heavy atom. The second kappa shape index (κ2) is 4.40. The van der Waals surface area contributed by atoms with Gasteiger partial charge in [0.2, 0.25) is 0 Å². The van der Waals surface area contributed by atoms with Crippen molar-refractivity contribution in [2.45, 2.75) is 37.8 Å². The molecule has 1 aliphatic heterocycles. The molecular weight excluding hydrogens is 166 g/mol. The van der Waals surface area contributed by atoms with Gasteiger partial charge >= 0.3 is 0 Å². The van der Waals surface area contributed by atoms with Gasteiger partial charge in [-0.25, -0.2) is 0 Å². The number of aliphatic hydroxyl groups excluding tert-OH is 1. The third kappa shape index (κ3) is 2.22. The zero-order valence-corrected chi connectivity index (χ0v) is 8.11. The van der Waals surface area contributed by atoms with Crippen molar-refractivity contribution in [2.75, 3.05) is 26.3 Å². The molecule has 1 heterocycles. The van der Waals surface area contributed by atoms with Gasteiger partial charge in [0.1, 0.15) is 0 Å². The molecule has 13 heavy (non-hydrogen) atoms. The van der Waals surface area contributed by atoms with Gasteiger partial charge in [0.05, 0.1) is 12.7 Å². The van der Waals surface area contributed by atoms with Crippen molar-refractivity contribution in [3.05, 3.63) is 0 Å². The lowest BCUT2D eigenvalue weighted by molar-refractivity contribution is 0.0663. The van der Waals surface area contributed by atoms with E-state index in [0.29, 0.717) is 6.04 Å². The predicted molar refractivity (Wildman–Crippen MR) is 50.7 cm³/mol. The van der Waals surface area contributed by atoms with Gasteiger partial charge in [-0.2, -0.15) is 0 Å². The SMILES string of the molecule is OC1CCCC1N1CCCOCC1. The summed E-state index contributed by atoms with van der Waals surface area (Å²) in [6, 6.07) is 0.418. The van der Waals surface area contributed by atoms with E-state index in [0.717, 1.165) is 39.1 Å². The summed E-state index contributed by atoms with van der Waals surface area (Å²) in [7, 11) is 0. The average molecular weight is 185 g/mol. The van der Waals surface area contributed by atoms with Crippen LogP contribution in [-0.2, 0) is 4.74 Å². The van der Waals surface area contributed by atoms with Crippen molar-refractivity contribution in [1.29, 1.82) is 0 Å². The van der Waals surface area contributed by atoms with E-state index in [-0.39, 0.29) is 6.10 Å². The fraction of sp³-hybridized carbons (Fsp3) is 1.00. The van der Waals surface area contributed by atoms with Crippen molar-refractivity contribution in [1.82, 2.24) is 4.90 Å². The maximum absolute atomic E-state index is 9.75. The summed E-state index contributed by atoms with van der Waals surface area (Å²) in [5.74, 6) is 0. The molecule has 3 nitrogen and oxygen atoms in total. The van der Waals surface area contributed by atoms with Gasteiger partial charge in [-0.05, 0) is 25.7 Å². The largest absolute Gasteiger partial charge is 0.391 e. The summed E-state index contributed by atoms with van der Waals surface area (Å²) in [5, 5.41) is 9.75. The molecule has 2 unspecified atom stereocenters. The Kier molecular flexibility index (Phi) is 3.19. The third-order valence-corrected chi connectivity index (χ3v) is 3.17. The van der Waals surface area contributed by atoms with Crippen molar-refractivity contribution in [2.24, 2.45) is 0 Å². The number of rotatable bonds is 1. The minimum Gasteiger partial charge on any atom is -0.391 e. The molecule has 76 valence electrons. The van der Waals surface area contributed by atoms with Crippen LogP contribution in [0.4, 0.5) is 0 Å². The zero-order valence-electron chi connectivity index (χ0n) is 8.11. The van der Waals surface area contributed by atoms with Gasteiger partial charge in [0.15, 0.2) is 0 Å². The molecule has 0 aromatic heterocycles. The molecule has 2 aliphatic rings. The van der Waals surface area contributed by atoms with Gasteiger partial charge in [-0.1, -0.05) is 0 Å². The van der Waals surface area contributed by atoms with Crippen LogP contribution in [0.15, 0.2) is 0 Å². The van der Waals surface area contributed by atoms with Gasteiger partial charge < -0.3 is 9.84 Å². The summed E-state index contributed by atoms with van der Waals surface area (Å²) < 4.78 is 5.40. The maximum atomic E-state index is 9.75. The molecule has 0 radical (unpaired) electrons. The molecular formula is C10H19NO2. The first-order valence-corrected chi connectivity index (χ1v) is 5.38. The number of hydrogen-bond acceptors (Lipinski definition) is 3. The van der Waals surface area contributed by atoms with Crippen molar-refractivity contribution < 1.29 is 9.84 Å². The molecule has 0 aromatic rings. The lowest BCUT2D eigenvalue weighted by atomic mass is 10.1. The summed E-state index contributed by atoms with van der Waals surface area (Å²) in [6.45, 7) is 3.83. The van der Waals surface area contributed by atoms with E-state index in [1.165, 1.54) is 12.8 Å². The van der Waals surface area contributed by atoms with Gasteiger partial charge in [0, 0.05) is 25.7 Å². The van der Waals surface area contributed by atoms with Crippen LogP contribution in [0.2, 0.25) is 0 Å². The lowest BCUT2D eigenvalue weighted by Gasteiger charge is -2.28. The topological polar surface area (TPSA) is 32.7 Å². The summed E-state index contributed by atoms with van der Waals surface area (Å²) in [6.07, 6.45) is 4.37. The highest BCUT2D eigenvalue weighted by Gasteiger charge is 2.30. The van der Waals surface area contributed by atoms with E-state index in [2.05, 4.69) is 4.90 Å². The van der Waals surface area contributed by atoms with Crippen molar-refractivity contribution in [3.8, 4) is 0 Å². The summed E-state index contributed by atoms with van der Waals surface area (Å²) in [5.41, 5.74) is 0. The Morgan fingerprint density at radius 2 is 2.00 bits per heavy atom. The average Bonchev–Trinajstić information content (AvgIpc) is 2.43. The van der Waals surface area contributed by atoms with Crippen LogP contribution in [0.1, 0.15) is 25.7 Å². The molecule has 0 spiro atoms. The second-order valence-electron chi connectivity index (χ2n) is 4.07. The number of nitrogens with zero attached hydrogens (tertiary/aromatic N) is 1. The molecule has 1 N–H and O–H groups in total. The molecule has 1 aliphatic carbocycles. The van der Waals surface area contributed by atoms with Crippen molar-refractivity contribution in [3.63, 3.8) is 0 Å². The van der Waals surface area contributed by atoms with Crippen LogP contribution in [0.25, 0.3) is 0 Å². The standard InChI is InChI=1S/C10H19NO2/c12-10-4-1-3-9(10)11-5-2-7-13-8-6-11/h9-10,12H,1-8H2. The van der Waals surface area contributed by atoms with E-state index in [1.54, 1.807) is 0 Å². The third-order valence-electron chi connectivity index (χ3n) is 3.17.